The Bertz CT molecular complexity index is 411. The summed E-state index contributed by atoms with van der Waals surface area (Å²) in [5, 5.41) is 2.72. The first-order chi connectivity index (χ1) is 7.28. The summed E-state index contributed by atoms with van der Waals surface area (Å²) in [4.78, 5) is 0. The third-order valence-corrected chi connectivity index (χ3v) is 2.30. The van der Waals surface area contributed by atoms with Crippen LogP contribution in [0.2, 0.25) is 0 Å². The van der Waals surface area contributed by atoms with Crippen molar-refractivity contribution in [3.05, 3.63) is 22.7 Å². The van der Waals surface area contributed by atoms with E-state index in [4.69, 9.17) is 5.73 Å². The van der Waals surface area contributed by atoms with Crippen LogP contribution in [-0.2, 0) is 0 Å². The maximum atomic E-state index is 11.9. The number of alkyl halides is 3. The van der Waals surface area contributed by atoms with Gasteiger partial charge < -0.3 is 0 Å². The second-order valence-electron chi connectivity index (χ2n) is 2.68. The van der Waals surface area contributed by atoms with Gasteiger partial charge in [-0.1, -0.05) is 0 Å². The zero-order chi connectivity index (χ0) is 12.3. The number of nitrogens with two attached hydrogens (primary N) is 1. The van der Waals surface area contributed by atoms with Crippen LogP contribution in [0.3, 0.4) is 0 Å². The van der Waals surface area contributed by atoms with Gasteiger partial charge >= 0.3 is 106 Å². The van der Waals surface area contributed by atoms with Crippen molar-refractivity contribution in [2.24, 2.45) is 5.73 Å². The minimum atomic E-state index is -4.70. The van der Waals surface area contributed by atoms with Gasteiger partial charge in [-0.2, -0.15) is 0 Å². The summed E-state index contributed by atoms with van der Waals surface area (Å²) in [6.07, 6.45) is -4.70. The van der Waals surface area contributed by atoms with E-state index in [0.29, 0.717) is 14.8 Å². The summed E-state index contributed by atoms with van der Waals surface area (Å²) in [5.41, 5.74) is 5.88. The number of ether oxygens (including phenoxy) is 1. The Morgan fingerprint density at radius 3 is 2.50 bits per heavy atom. The Kier molecular flexibility index (Phi) is 4.23. The fraction of sp³-hybridized carbons (Fsp3) is 0.125. The van der Waals surface area contributed by atoms with Crippen molar-refractivity contribution in [3.8, 4) is 5.75 Å². The van der Waals surface area contributed by atoms with Crippen LogP contribution >= 0.6 is 15.9 Å². The van der Waals surface area contributed by atoms with Crippen molar-refractivity contribution >= 4 is 41.9 Å². The first kappa shape index (κ1) is 13.3. The average molecular weight is 362 g/mol. The standard InChI is InChI=1S/C8H6BrF3N2OSe/c9-5-3-4(15-8(10,11)12)1-2-6(5)14-7(13)16/h1-3H,(H3,13,14,16). The molecule has 0 bridgehead atoms. The van der Waals surface area contributed by atoms with Gasteiger partial charge in [0.05, 0.1) is 0 Å². The minimum absolute atomic E-state index is 0.302. The molecule has 0 unspecified atom stereocenters. The van der Waals surface area contributed by atoms with Crippen molar-refractivity contribution in [1.82, 2.24) is 0 Å². The molecule has 1 rings (SSSR count). The normalized spacial score (nSPS) is 11.0. The molecule has 3 nitrogen and oxygen atoms in total. The molecule has 0 aromatic heterocycles. The molecule has 16 heavy (non-hydrogen) atoms. The van der Waals surface area contributed by atoms with Crippen LogP contribution in [0.5, 0.6) is 5.75 Å². The summed E-state index contributed by atoms with van der Waals surface area (Å²) >= 11 is 5.61. The van der Waals surface area contributed by atoms with Crippen LogP contribution < -0.4 is 15.8 Å². The number of hydrogen-bond donors (Lipinski definition) is 2. The molecule has 1 aromatic rings. The Morgan fingerprint density at radius 1 is 1.44 bits per heavy atom. The van der Waals surface area contributed by atoms with E-state index in [1.165, 1.54) is 18.2 Å². The predicted molar refractivity (Wildman–Crippen MR) is 59.4 cm³/mol. The molecule has 0 spiro atoms. The molecule has 0 fully saturated rings. The molecule has 0 atom stereocenters. The van der Waals surface area contributed by atoms with E-state index in [1.54, 1.807) is 0 Å². The van der Waals surface area contributed by atoms with Gasteiger partial charge in [-0.25, -0.2) is 0 Å². The molecule has 0 saturated carbocycles. The summed E-state index contributed by atoms with van der Waals surface area (Å²) in [7, 11) is 0. The van der Waals surface area contributed by atoms with E-state index >= 15 is 0 Å². The van der Waals surface area contributed by atoms with Crippen molar-refractivity contribution in [1.29, 1.82) is 0 Å². The predicted octanol–water partition coefficient (Wildman–Crippen LogP) is 1.97. The fourth-order valence-electron chi connectivity index (χ4n) is 0.927. The van der Waals surface area contributed by atoms with Gasteiger partial charge in [-0.05, 0) is 0 Å². The summed E-state index contributed by atoms with van der Waals surface area (Å²) in [6.45, 7) is 0. The SMILES string of the molecule is NC(=[Se])Nc1ccc(OC(F)(F)F)cc1Br. The van der Waals surface area contributed by atoms with E-state index in [2.05, 4.69) is 41.6 Å². The number of halogens is 4. The molecule has 0 saturated heterocycles. The number of anilines is 1. The first-order valence-electron chi connectivity index (χ1n) is 3.90. The van der Waals surface area contributed by atoms with E-state index in [1.807, 2.05) is 0 Å². The molecule has 0 aliphatic rings. The van der Waals surface area contributed by atoms with Crippen molar-refractivity contribution in [3.63, 3.8) is 0 Å². The van der Waals surface area contributed by atoms with Crippen molar-refractivity contribution in [2.45, 2.75) is 6.36 Å². The summed E-state index contributed by atoms with van der Waals surface area (Å²) < 4.78 is 40.2. The van der Waals surface area contributed by atoms with Crippen molar-refractivity contribution in [2.75, 3.05) is 5.32 Å². The Morgan fingerprint density at radius 2 is 2.06 bits per heavy atom. The van der Waals surface area contributed by atoms with E-state index < -0.39 is 6.36 Å². The van der Waals surface area contributed by atoms with Crippen LogP contribution in [0.25, 0.3) is 0 Å². The van der Waals surface area contributed by atoms with Gasteiger partial charge in [0.25, 0.3) is 0 Å². The number of nitrogens with one attached hydrogen (secondary N) is 1. The molecule has 0 aliphatic heterocycles. The van der Waals surface area contributed by atoms with Crippen molar-refractivity contribution < 1.29 is 17.9 Å². The molecule has 88 valence electrons. The summed E-state index contributed by atoms with van der Waals surface area (Å²) in [6, 6.07) is 3.79. The molecule has 0 radical (unpaired) electrons. The average Bonchev–Trinajstić information content (AvgIpc) is 2.06. The van der Waals surface area contributed by atoms with Gasteiger partial charge in [0.15, 0.2) is 0 Å². The van der Waals surface area contributed by atoms with Crippen LogP contribution in [0.15, 0.2) is 22.7 Å². The van der Waals surface area contributed by atoms with E-state index in [9.17, 15) is 13.2 Å². The molecule has 8 heteroatoms. The van der Waals surface area contributed by atoms with Gasteiger partial charge in [0.2, 0.25) is 0 Å². The molecular weight excluding hydrogens is 356 g/mol. The molecule has 0 amide bonds. The molecule has 0 heterocycles. The van der Waals surface area contributed by atoms with Gasteiger partial charge in [0.1, 0.15) is 0 Å². The van der Waals surface area contributed by atoms with E-state index in [-0.39, 0.29) is 5.75 Å². The van der Waals surface area contributed by atoms with Gasteiger partial charge in [-0.3, -0.25) is 0 Å². The molecule has 0 aliphatic carbocycles. The third kappa shape index (κ3) is 4.42. The zero-order valence-corrected chi connectivity index (χ0v) is 10.9. The van der Waals surface area contributed by atoms with Crippen LogP contribution in [0.1, 0.15) is 0 Å². The second-order valence-corrected chi connectivity index (χ2v) is 4.46. The fourth-order valence-corrected chi connectivity index (χ4v) is 1.61. The topological polar surface area (TPSA) is 47.3 Å². The number of hydrogen-bond acceptors (Lipinski definition) is 3. The van der Waals surface area contributed by atoms with Crippen LogP contribution in [-0.4, -0.2) is 26.6 Å². The summed E-state index contributed by atoms with van der Waals surface area (Å²) in [5.74, 6) is -0.302. The van der Waals surface area contributed by atoms with Gasteiger partial charge in [0, 0.05) is 0 Å². The Hall–Kier alpha value is -0.721. The zero-order valence-electron chi connectivity index (χ0n) is 7.64. The maximum absolute atomic E-state index is 11.9. The Balaban J connectivity index is 2.87. The molecule has 1 aromatic carbocycles. The number of rotatable bonds is 3. The van der Waals surface area contributed by atoms with Gasteiger partial charge in [-0.15, -0.1) is 0 Å². The molecular formula is C8H6BrF3N2OSe. The quantitative estimate of drug-likeness (QED) is 0.809. The monoisotopic (exact) mass is 362 g/mol. The Labute approximate surface area is 106 Å². The second kappa shape index (κ2) is 5.07. The first-order valence-corrected chi connectivity index (χ1v) is 5.54. The number of benzene rings is 1. The molecule has 3 N–H and O–H groups in total. The van der Waals surface area contributed by atoms with Crippen LogP contribution in [0.4, 0.5) is 18.9 Å². The van der Waals surface area contributed by atoms with E-state index in [0.717, 1.165) is 0 Å². The third-order valence-electron chi connectivity index (χ3n) is 1.43. The van der Waals surface area contributed by atoms with Crippen LogP contribution in [0, 0.1) is 0 Å².